The lowest BCUT2D eigenvalue weighted by molar-refractivity contribution is 0.00777. The molecular weight excluding hydrogens is 360 g/mol. The van der Waals surface area contributed by atoms with E-state index in [1.807, 2.05) is 51.1 Å². The molecule has 0 saturated carbocycles. The van der Waals surface area contributed by atoms with E-state index in [1.165, 1.54) is 0 Å². The third-order valence-electron chi connectivity index (χ3n) is 5.48. The number of nitrogens with zero attached hydrogens (tertiary/aromatic N) is 2. The van der Waals surface area contributed by atoms with E-state index >= 15 is 0 Å². The predicted molar refractivity (Wildman–Crippen MR) is 104 cm³/mol. The summed E-state index contributed by atoms with van der Waals surface area (Å²) in [6.45, 7) is 7.46. The van der Waals surface area contributed by atoms with Crippen LogP contribution in [-0.4, -0.2) is 65.0 Å². The molecule has 7 nitrogen and oxygen atoms in total. The summed E-state index contributed by atoms with van der Waals surface area (Å²) in [6, 6.07) is 9.57. The molecule has 28 heavy (non-hydrogen) atoms. The van der Waals surface area contributed by atoms with Crippen molar-refractivity contribution >= 4 is 12.2 Å². The van der Waals surface area contributed by atoms with Gasteiger partial charge in [-0.05, 0) is 39.2 Å². The second-order valence-electron chi connectivity index (χ2n) is 8.77. The van der Waals surface area contributed by atoms with Gasteiger partial charge in [-0.3, -0.25) is 0 Å². The lowest BCUT2D eigenvalue weighted by atomic mass is 9.76. The van der Waals surface area contributed by atoms with Gasteiger partial charge in [0, 0.05) is 25.0 Å². The summed E-state index contributed by atoms with van der Waals surface area (Å²) in [7, 11) is 0. The van der Waals surface area contributed by atoms with Crippen molar-refractivity contribution in [1.82, 2.24) is 9.80 Å². The van der Waals surface area contributed by atoms with Crippen molar-refractivity contribution in [3.8, 4) is 0 Å². The molecule has 0 aromatic heterocycles. The smallest absolute Gasteiger partial charge is 0.410 e. The van der Waals surface area contributed by atoms with Crippen LogP contribution >= 0.6 is 0 Å². The maximum Gasteiger partial charge on any atom is 0.410 e. The molecule has 1 atom stereocenters. The number of rotatable bonds is 2. The fourth-order valence-corrected chi connectivity index (χ4v) is 3.85. The van der Waals surface area contributed by atoms with Gasteiger partial charge < -0.3 is 24.4 Å². The van der Waals surface area contributed by atoms with Crippen LogP contribution in [0.5, 0.6) is 0 Å². The van der Waals surface area contributed by atoms with E-state index in [0.717, 1.165) is 5.56 Å². The number of amides is 2. The molecule has 2 aliphatic heterocycles. The van der Waals surface area contributed by atoms with Crippen LogP contribution in [0.4, 0.5) is 9.59 Å². The molecule has 2 aliphatic rings. The highest BCUT2D eigenvalue weighted by molar-refractivity contribution is 5.69. The van der Waals surface area contributed by atoms with Crippen molar-refractivity contribution in [3.63, 3.8) is 0 Å². The number of carbonyl (C=O) groups excluding carboxylic acids is 2. The van der Waals surface area contributed by atoms with E-state index < -0.39 is 17.8 Å². The normalized spacial score (nSPS) is 21.6. The third-order valence-corrected chi connectivity index (χ3v) is 5.48. The number of benzene rings is 1. The van der Waals surface area contributed by atoms with Crippen LogP contribution < -0.4 is 0 Å². The molecule has 1 N–H and O–H groups in total. The zero-order valence-electron chi connectivity index (χ0n) is 16.9. The molecular formula is C21H30N2O5. The Bertz CT molecular complexity index is 692. The van der Waals surface area contributed by atoms with Crippen molar-refractivity contribution in [2.24, 2.45) is 5.41 Å². The van der Waals surface area contributed by atoms with Crippen molar-refractivity contribution in [2.75, 3.05) is 26.2 Å². The lowest BCUT2D eigenvalue weighted by Crippen LogP contribution is -2.48. The molecule has 2 heterocycles. The monoisotopic (exact) mass is 390 g/mol. The van der Waals surface area contributed by atoms with Crippen LogP contribution in [0.15, 0.2) is 30.3 Å². The quantitative estimate of drug-likeness (QED) is 0.840. The minimum absolute atomic E-state index is 0.246. The van der Waals surface area contributed by atoms with E-state index in [0.29, 0.717) is 32.5 Å². The molecule has 0 radical (unpaired) electrons. The second-order valence-corrected chi connectivity index (χ2v) is 8.77. The van der Waals surface area contributed by atoms with Gasteiger partial charge in [0.15, 0.2) is 0 Å². The first-order valence-electron chi connectivity index (χ1n) is 9.80. The minimum atomic E-state index is -0.609. The van der Waals surface area contributed by atoms with Gasteiger partial charge in [-0.25, -0.2) is 9.59 Å². The summed E-state index contributed by atoms with van der Waals surface area (Å²) in [5, 5.41) is 10.6. The van der Waals surface area contributed by atoms with Crippen LogP contribution in [0.2, 0.25) is 0 Å². The number of carbonyl (C=O) groups is 2. The molecule has 7 heteroatoms. The summed E-state index contributed by atoms with van der Waals surface area (Å²) >= 11 is 0. The molecule has 1 unspecified atom stereocenters. The lowest BCUT2D eigenvalue weighted by Gasteiger charge is -2.40. The summed E-state index contributed by atoms with van der Waals surface area (Å²) in [6.07, 6.45) is -0.0762. The first-order chi connectivity index (χ1) is 13.2. The van der Waals surface area contributed by atoms with Crippen LogP contribution in [-0.2, 0) is 16.1 Å². The standard InChI is InChI=1S/C21H30N2O5/c1-20(2,3)28-19(26)23-13-17(24)21(15-23)9-11-22(12-10-21)18(25)27-14-16-7-5-4-6-8-16/h4-8,17,24H,9-15H2,1-3H3. The summed E-state index contributed by atoms with van der Waals surface area (Å²) < 4.78 is 10.8. The van der Waals surface area contributed by atoms with Crippen LogP contribution in [0, 0.1) is 5.41 Å². The van der Waals surface area contributed by atoms with Crippen LogP contribution in [0.25, 0.3) is 0 Å². The Hall–Kier alpha value is -2.28. The number of aliphatic hydroxyl groups is 1. The molecule has 1 spiro atoms. The minimum Gasteiger partial charge on any atom is -0.445 e. The van der Waals surface area contributed by atoms with Gasteiger partial charge in [-0.2, -0.15) is 0 Å². The summed E-state index contributed by atoms with van der Waals surface area (Å²) in [4.78, 5) is 27.9. The molecule has 2 saturated heterocycles. The molecule has 1 aromatic carbocycles. The number of ether oxygens (including phenoxy) is 2. The molecule has 2 fully saturated rings. The number of β-amino-alcohol motifs (C(OH)–C–C–N with tert-alkyl or cyclic N) is 1. The zero-order valence-corrected chi connectivity index (χ0v) is 16.9. The van der Waals surface area contributed by atoms with E-state index in [2.05, 4.69) is 0 Å². The summed E-state index contributed by atoms with van der Waals surface area (Å²) in [5.41, 5.74) is 0.0000889. The molecule has 3 rings (SSSR count). The number of hydrogen-bond acceptors (Lipinski definition) is 5. The van der Waals surface area contributed by atoms with E-state index in [-0.39, 0.29) is 24.7 Å². The van der Waals surface area contributed by atoms with Gasteiger partial charge in [0.05, 0.1) is 12.6 Å². The molecule has 1 aromatic rings. The van der Waals surface area contributed by atoms with Gasteiger partial charge in [-0.15, -0.1) is 0 Å². The van der Waals surface area contributed by atoms with Crippen molar-refractivity contribution in [1.29, 1.82) is 0 Å². The zero-order chi connectivity index (χ0) is 20.4. The fraction of sp³-hybridized carbons (Fsp3) is 0.619. The van der Waals surface area contributed by atoms with Crippen molar-refractivity contribution < 1.29 is 24.2 Å². The van der Waals surface area contributed by atoms with E-state index in [9.17, 15) is 14.7 Å². The van der Waals surface area contributed by atoms with Crippen LogP contribution in [0.3, 0.4) is 0 Å². The first-order valence-corrected chi connectivity index (χ1v) is 9.80. The Balaban J connectivity index is 1.51. The second kappa shape index (κ2) is 7.99. The van der Waals surface area contributed by atoms with Gasteiger partial charge in [0.2, 0.25) is 0 Å². The van der Waals surface area contributed by atoms with E-state index in [4.69, 9.17) is 9.47 Å². The van der Waals surface area contributed by atoms with Gasteiger partial charge in [0.1, 0.15) is 12.2 Å². The highest BCUT2D eigenvalue weighted by Gasteiger charge is 2.50. The van der Waals surface area contributed by atoms with Gasteiger partial charge in [-0.1, -0.05) is 30.3 Å². The van der Waals surface area contributed by atoms with Crippen molar-refractivity contribution in [3.05, 3.63) is 35.9 Å². The Kier molecular flexibility index (Phi) is 5.84. The topological polar surface area (TPSA) is 79.3 Å². The Morgan fingerprint density at radius 2 is 1.75 bits per heavy atom. The predicted octanol–water partition coefficient (Wildman–Crippen LogP) is 3.02. The molecule has 154 valence electrons. The Labute approximate surface area is 166 Å². The maximum atomic E-state index is 12.3. The van der Waals surface area contributed by atoms with Crippen LogP contribution in [0.1, 0.15) is 39.2 Å². The van der Waals surface area contributed by atoms with Gasteiger partial charge >= 0.3 is 12.2 Å². The Morgan fingerprint density at radius 3 is 2.36 bits per heavy atom. The maximum absolute atomic E-state index is 12.3. The third kappa shape index (κ3) is 4.76. The largest absolute Gasteiger partial charge is 0.445 e. The molecule has 2 amide bonds. The number of likely N-dealkylation sites (tertiary alicyclic amines) is 2. The Morgan fingerprint density at radius 1 is 1.11 bits per heavy atom. The van der Waals surface area contributed by atoms with Crippen molar-refractivity contribution in [2.45, 2.75) is 51.9 Å². The first kappa shape index (κ1) is 20.5. The van der Waals surface area contributed by atoms with Gasteiger partial charge in [0.25, 0.3) is 0 Å². The number of hydrogen-bond donors (Lipinski definition) is 1. The summed E-state index contributed by atoms with van der Waals surface area (Å²) in [5.74, 6) is 0. The molecule has 0 aliphatic carbocycles. The average Bonchev–Trinajstić information content (AvgIpc) is 2.96. The average molecular weight is 390 g/mol. The number of piperidine rings is 1. The number of aliphatic hydroxyl groups excluding tert-OH is 1. The SMILES string of the molecule is CC(C)(C)OC(=O)N1CC(O)C2(CCN(C(=O)OCc3ccccc3)CC2)C1. The molecule has 0 bridgehead atoms. The fourth-order valence-electron chi connectivity index (χ4n) is 3.85. The van der Waals surface area contributed by atoms with E-state index in [1.54, 1.807) is 9.80 Å². The highest BCUT2D eigenvalue weighted by Crippen LogP contribution is 2.41. The highest BCUT2D eigenvalue weighted by atomic mass is 16.6.